The van der Waals surface area contributed by atoms with Crippen LogP contribution in [0.5, 0.6) is 0 Å². The van der Waals surface area contributed by atoms with E-state index in [1.807, 2.05) is 36.1 Å². The molecule has 1 aliphatic heterocycles. The average molecular weight is 488 g/mol. The maximum absolute atomic E-state index is 14.1. The summed E-state index contributed by atoms with van der Waals surface area (Å²) in [6.07, 6.45) is 3.16. The van der Waals surface area contributed by atoms with Crippen molar-refractivity contribution in [2.45, 2.75) is 37.1 Å². The summed E-state index contributed by atoms with van der Waals surface area (Å²) in [7, 11) is 0. The third kappa shape index (κ3) is 4.86. The van der Waals surface area contributed by atoms with Crippen LogP contribution in [0.4, 0.5) is 4.39 Å². The third-order valence-electron chi connectivity index (χ3n) is 6.41. The van der Waals surface area contributed by atoms with Gasteiger partial charge < -0.3 is 4.90 Å². The van der Waals surface area contributed by atoms with E-state index >= 15 is 0 Å². The van der Waals surface area contributed by atoms with Crippen LogP contribution >= 0.6 is 11.8 Å². The van der Waals surface area contributed by atoms with Crippen LogP contribution in [0, 0.1) is 12.7 Å². The highest BCUT2D eigenvalue weighted by Crippen LogP contribution is 2.27. The number of halogens is 1. The Morgan fingerprint density at radius 3 is 2.57 bits per heavy atom. The highest BCUT2D eigenvalue weighted by atomic mass is 32.2. The van der Waals surface area contributed by atoms with Gasteiger partial charge in [-0.25, -0.2) is 9.37 Å². The van der Waals surface area contributed by atoms with Crippen LogP contribution in [-0.4, -0.2) is 33.4 Å². The Labute approximate surface area is 207 Å². The lowest BCUT2D eigenvalue weighted by atomic mass is 10.1. The normalized spacial score (nSPS) is 13.8. The molecule has 1 aromatic heterocycles. The lowest BCUT2D eigenvalue weighted by Crippen LogP contribution is -2.35. The van der Waals surface area contributed by atoms with Crippen molar-refractivity contribution in [1.82, 2.24) is 14.5 Å². The first-order valence-electron chi connectivity index (χ1n) is 11.8. The highest BCUT2D eigenvalue weighted by molar-refractivity contribution is 7.98. The Bertz CT molecular complexity index is 1460. The molecule has 2 heterocycles. The van der Waals surface area contributed by atoms with Gasteiger partial charge in [0.15, 0.2) is 5.16 Å². The molecule has 5 rings (SSSR count). The number of amides is 1. The Kier molecular flexibility index (Phi) is 6.68. The molecule has 35 heavy (non-hydrogen) atoms. The fraction of sp³-hybridized carbons (Fsp3) is 0.250. The molecule has 1 saturated heterocycles. The van der Waals surface area contributed by atoms with E-state index in [4.69, 9.17) is 4.98 Å². The number of benzene rings is 3. The molecule has 178 valence electrons. The van der Waals surface area contributed by atoms with E-state index in [2.05, 4.69) is 0 Å². The van der Waals surface area contributed by atoms with Gasteiger partial charge in [0.1, 0.15) is 5.82 Å². The predicted octanol–water partition coefficient (Wildman–Crippen LogP) is 5.75. The molecule has 0 saturated carbocycles. The van der Waals surface area contributed by atoms with Crippen LogP contribution in [-0.2, 0) is 5.75 Å². The van der Waals surface area contributed by atoms with E-state index < -0.39 is 5.82 Å². The lowest BCUT2D eigenvalue weighted by Gasteiger charge is -2.26. The molecule has 4 aromatic rings. The maximum Gasteiger partial charge on any atom is 0.266 e. The molecule has 5 nitrogen and oxygen atoms in total. The second-order valence-electron chi connectivity index (χ2n) is 8.81. The third-order valence-corrected chi connectivity index (χ3v) is 7.40. The van der Waals surface area contributed by atoms with Crippen molar-refractivity contribution in [3.8, 4) is 5.69 Å². The Balaban J connectivity index is 1.60. The number of hydrogen-bond donors (Lipinski definition) is 0. The number of fused-ring (bicyclic) bond motifs is 1. The number of nitrogens with zero attached hydrogens (tertiary/aromatic N) is 3. The van der Waals surface area contributed by atoms with Crippen LogP contribution in [0.3, 0.4) is 0 Å². The van der Waals surface area contributed by atoms with Gasteiger partial charge in [0.25, 0.3) is 11.5 Å². The zero-order valence-electron chi connectivity index (χ0n) is 19.5. The van der Waals surface area contributed by atoms with Crippen LogP contribution in [0.25, 0.3) is 16.6 Å². The van der Waals surface area contributed by atoms with Crippen LogP contribution in [0.15, 0.2) is 76.7 Å². The molecule has 0 radical (unpaired) electrons. The number of aryl methyl sites for hydroxylation is 1. The monoisotopic (exact) mass is 487 g/mol. The number of rotatable bonds is 5. The Morgan fingerprint density at radius 2 is 1.80 bits per heavy atom. The molecule has 1 fully saturated rings. The summed E-state index contributed by atoms with van der Waals surface area (Å²) < 4.78 is 15.5. The summed E-state index contributed by atoms with van der Waals surface area (Å²) >= 11 is 1.42. The van der Waals surface area contributed by atoms with Gasteiger partial charge in [0.05, 0.1) is 16.6 Å². The molecule has 0 atom stereocenters. The summed E-state index contributed by atoms with van der Waals surface area (Å²) in [5.41, 5.74) is 3.42. The van der Waals surface area contributed by atoms with Crippen molar-refractivity contribution in [1.29, 1.82) is 0 Å². The fourth-order valence-corrected chi connectivity index (χ4v) is 5.52. The molecule has 7 heteroatoms. The van der Waals surface area contributed by atoms with Gasteiger partial charge in [-0.05, 0) is 73.7 Å². The quantitative estimate of drug-likeness (QED) is 0.266. The topological polar surface area (TPSA) is 55.2 Å². The van der Waals surface area contributed by atoms with Gasteiger partial charge in [-0.2, -0.15) is 0 Å². The number of likely N-dealkylation sites (tertiary alicyclic amines) is 1. The molecular formula is C28H26FN3O2S. The van der Waals surface area contributed by atoms with Crippen molar-refractivity contribution < 1.29 is 9.18 Å². The van der Waals surface area contributed by atoms with Crippen LogP contribution in [0.1, 0.15) is 40.7 Å². The van der Waals surface area contributed by atoms with Gasteiger partial charge in [-0.3, -0.25) is 14.2 Å². The van der Waals surface area contributed by atoms with E-state index in [1.54, 1.807) is 30.3 Å². The summed E-state index contributed by atoms with van der Waals surface area (Å²) in [5, 5.41) is 0.851. The summed E-state index contributed by atoms with van der Waals surface area (Å²) in [6, 6.07) is 19.1. The van der Waals surface area contributed by atoms with Crippen molar-refractivity contribution >= 4 is 28.6 Å². The number of carbonyl (C=O) groups is 1. The SMILES string of the molecule is Cc1ccccc1CSc1nc2cc(C(=O)N3CCCCC3)ccc2c(=O)n1-c1cccc(F)c1. The average Bonchev–Trinajstić information content (AvgIpc) is 2.88. The van der Waals surface area contributed by atoms with Crippen molar-refractivity contribution in [2.24, 2.45) is 0 Å². The van der Waals surface area contributed by atoms with E-state index in [-0.39, 0.29) is 11.5 Å². The molecule has 0 N–H and O–H groups in total. The van der Waals surface area contributed by atoms with E-state index in [9.17, 15) is 14.0 Å². The second kappa shape index (κ2) is 10.0. The molecule has 1 aliphatic rings. The molecule has 0 spiro atoms. The van der Waals surface area contributed by atoms with Crippen LogP contribution in [0.2, 0.25) is 0 Å². The smallest absolute Gasteiger partial charge is 0.266 e. The second-order valence-corrected chi connectivity index (χ2v) is 9.76. The van der Waals surface area contributed by atoms with E-state index in [1.165, 1.54) is 28.5 Å². The Morgan fingerprint density at radius 1 is 1.00 bits per heavy atom. The number of thioether (sulfide) groups is 1. The van der Waals surface area contributed by atoms with Gasteiger partial charge in [0, 0.05) is 24.4 Å². The first-order chi connectivity index (χ1) is 17.0. The standard InChI is InChI=1S/C28H26FN3O2S/c1-19-8-3-4-9-21(19)18-35-28-30-25-16-20(26(33)31-14-5-2-6-15-31)12-13-24(25)27(34)32(28)23-11-7-10-22(29)17-23/h3-4,7-13,16-17H,2,5-6,14-15,18H2,1H3. The van der Waals surface area contributed by atoms with Crippen molar-refractivity contribution in [3.05, 3.63) is 99.6 Å². The highest BCUT2D eigenvalue weighted by Gasteiger charge is 2.20. The minimum absolute atomic E-state index is 0.0307. The molecule has 1 amide bonds. The molecule has 3 aromatic carbocycles. The molecular weight excluding hydrogens is 461 g/mol. The number of aromatic nitrogens is 2. The van der Waals surface area contributed by atoms with Crippen molar-refractivity contribution in [3.63, 3.8) is 0 Å². The minimum atomic E-state index is -0.424. The fourth-order valence-electron chi connectivity index (χ4n) is 4.43. The summed E-state index contributed by atoms with van der Waals surface area (Å²) in [4.78, 5) is 33.3. The zero-order chi connectivity index (χ0) is 24.4. The van der Waals surface area contributed by atoms with Gasteiger partial charge in [-0.1, -0.05) is 42.1 Å². The summed E-state index contributed by atoms with van der Waals surface area (Å²) in [6.45, 7) is 3.55. The lowest BCUT2D eigenvalue weighted by molar-refractivity contribution is 0.0724. The first kappa shape index (κ1) is 23.3. The minimum Gasteiger partial charge on any atom is -0.339 e. The molecule has 0 aliphatic carbocycles. The van der Waals surface area contributed by atoms with Crippen LogP contribution < -0.4 is 5.56 Å². The molecule has 0 unspecified atom stereocenters. The van der Waals surface area contributed by atoms with Crippen molar-refractivity contribution in [2.75, 3.05) is 13.1 Å². The first-order valence-corrected chi connectivity index (χ1v) is 12.8. The van der Waals surface area contributed by atoms with Gasteiger partial charge >= 0.3 is 0 Å². The predicted molar refractivity (Wildman–Crippen MR) is 138 cm³/mol. The maximum atomic E-state index is 14.1. The van der Waals surface area contributed by atoms with Gasteiger partial charge in [-0.15, -0.1) is 0 Å². The van der Waals surface area contributed by atoms with Gasteiger partial charge in [0.2, 0.25) is 0 Å². The summed E-state index contributed by atoms with van der Waals surface area (Å²) in [5.74, 6) is 0.149. The molecule has 0 bridgehead atoms. The van der Waals surface area contributed by atoms with E-state index in [0.717, 1.165) is 43.5 Å². The number of hydrogen-bond acceptors (Lipinski definition) is 4. The number of piperidine rings is 1. The zero-order valence-corrected chi connectivity index (χ0v) is 20.4. The Hall–Kier alpha value is -3.45. The number of carbonyl (C=O) groups excluding carboxylic acids is 1. The largest absolute Gasteiger partial charge is 0.339 e. The van der Waals surface area contributed by atoms with E-state index in [0.29, 0.717) is 33.1 Å².